The molecule has 0 saturated carbocycles. The van der Waals surface area contributed by atoms with Crippen molar-refractivity contribution in [1.82, 2.24) is 19.1 Å². The van der Waals surface area contributed by atoms with Crippen LogP contribution in [0.15, 0.2) is 34.3 Å². The Morgan fingerprint density at radius 1 is 1.25 bits per heavy atom. The number of hydrogen-bond acceptors (Lipinski definition) is 7. The second-order valence-corrected chi connectivity index (χ2v) is 9.61. The Bertz CT molecular complexity index is 936. The minimum absolute atomic E-state index is 0.172. The van der Waals surface area contributed by atoms with Crippen molar-refractivity contribution < 1.29 is 13.2 Å². The highest BCUT2D eigenvalue weighted by atomic mass is 32.2. The number of aromatic nitrogens is 3. The number of nitrogens with two attached hydrogens (primary N) is 1. The van der Waals surface area contributed by atoms with E-state index in [1.165, 1.54) is 28.2 Å². The van der Waals surface area contributed by atoms with Crippen LogP contribution in [0.25, 0.3) is 0 Å². The van der Waals surface area contributed by atoms with Crippen molar-refractivity contribution in [1.29, 1.82) is 0 Å². The summed E-state index contributed by atoms with van der Waals surface area (Å²) in [5.74, 6) is 0.657. The van der Waals surface area contributed by atoms with Crippen molar-refractivity contribution in [2.24, 2.45) is 0 Å². The molecule has 3 N–H and O–H groups in total. The number of carbonyl (C=O) groups excluding carboxylic acids is 1. The summed E-state index contributed by atoms with van der Waals surface area (Å²) in [5, 5.41) is 11.2. The summed E-state index contributed by atoms with van der Waals surface area (Å²) in [7, 11) is -3.47. The number of amides is 1. The van der Waals surface area contributed by atoms with Crippen LogP contribution in [-0.2, 0) is 14.8 Å². The number of anilines is 2. The molecule has 2 aromatic rings. The summed E-state index contributed by atoms with van der Waals surface area (Å²) in [6, 6.07) is 5.59. The van der Waals surface area contributed by atoms with E-state index in [2.05, 4.69) is 15.5 Å². The highest BCUT2D eigenvalue weighted by Gasteiger charge is 2.27. The monoisotopic (exact) mass is 424 g/mol. The van der Waals surface area contributed by atoms with E-state index in [0.29, 0.717) is 23.9 Å². The molecule has 1 amide bonds. The minimum atomic E-state index is -3.47. The first kappa shape index (κ1) is 20.6. The molecule has 0 bridgehead atoms. The lowest BCUT2D eigenvalue weighted by atomic mass is 10.2. The Kier molecular flexibility index (Phi) is 6.26. The third kappa shape index (κ3) is 4.15. The van der Waals surface area contributed by atoms with Crippen LogP contribution in [0.4, 0.5) is 11.6 Å². The van der Waals surface area contributed by atoms with Gasteiger partial charge in [-0.2, -0.15) is 4.31 Å². The number of benzene rings is 1. The largest absolute Gasteiger partial charge is 0.368 e. The quantitative estimate of drug-likeness (QED) is 0.651. The number of rotatable bonds is 7. The number of nitrogens with zero attached hydrogens (tertiary/aromatic N) is 4. The van der Waals surface area contributed by atoms with Crippen LogP contribution in [0.5, 0.6) is 0 Å². The van der Waals surface area contributed by atoms with Gasteiger partial charge in [0.1, 0.15) is 6.04 Å². The number of thioether (sulfide) groups is 1. The zero-order valence-corrected chi connectivity index (χ0v) is 17.5. The van der Waals surface area contributed by atoms with E-state index in [9.17, 15) is 13.2 Å². The van der Waals surface area contributed by atoms with Gasteiger partial charge in [0.2, 0.25) is 21.9 Å². The van der Waals surface area contributed by atoms with E-state index >= 15 is 0 Å². The lowest BCUT2D eigenvalue weighted by Crippen LogP contribution is -2.28. The molecule has 1 aliphatic heterocycles. The van der Waals surface area contributed by atoms with Crippen molar-refractivity contribution in [2.45, 2.75) is 42.8 Å². The molecular weight excluding hydrogens is 400 g/mol. The SMILES string of the molecule is CCSc1nnc(N)n1C(C)C(=O)Nc1ccc(S(=O)(=O)N2CCCC2)cc1. The summed E-state index contributed by atoms with van der Waals surface area (Å²) >= 11 is 1.45. The lowest BCUT2D eigenvalue weighted by Gasteiger charge is -2.17. The average molecular weight is 425 g/mol. The number of nitrogen functional groups attached to an aromatic ring is 1. The predicted octanol–water partition coefficient (Wildman–Crippen LogP) is 1.96. The molecule has 11 heteroatoms. The summed E-state index contributed by atoms with van der Waals surface area (Å²) in [6.45, 7) is 4.79. The van der Waals surface area contributed by atoms with Gasteiger partial charge in [0.25, 0.3) is 0 Å². The van der Waals surface area contributed by atoms with Gasteiger partial charge in [-0.05, 0) is 49.8 Å². The molecule has 1 saturated heterocycles. The second-order valence-electron chi connectivity index (χ2n) is 6.44. The van der Waals surface area contributed by atoms with Crippen molar-refractivity contribution in [3.63, 3.8) is 0 Å². The number of carbonyl (C=O) groups is 1. The highest BCUT2D eigenvalue weighted by Crippen LogP contribution is 2.25. The molecule has 0 radical (unpaired) electrons. The molecule has 28 heavy (non-hydrogen) atoms. The van der Waals surface area contributed by atoms with Crippen LogP contribution in [-0.4, -0.2) is 52.2 Å². The van der Waals surface area contributed by atoms with Crippen LogP contribution < -0.4 is 11.1 Å². The highest BCUT2D eigenvalue weighted by molar-refractivity contribution is 7.99. The van der Waals surface area contributed by atoms with E-state index < -0.39 is 16.1 Å². The second kappa shape index (κ2) is 8.50. The van der Waals surface area contributed by atoms with Crippen molar-refractivity contribution >= 4 is 39.3 Å². The van der Waals surface area contributed by atoms with Crippen molar-refractivity contribution in [2.75, 3.05) is 29.9 Å². The molecule has 1 unspecified atom stereocenters. The van der Waals surface area contributed by atoms with E-state index in [0.717, 1.165) is 18.6 Å². The van der Waals surface area contributed by atoms with Gasteiger partial charge in [-0.1, -0.05) is 18.7 Å². The van der Waals surface area contributed by atoms with Crippen molar-refractivity contribution in [3.8, 4) is 0 Å². The molecule has 1 atom stereocenters. The molecule has 2 heterocycles. The van der Waals surface area contributed by atoms with Crippen molar-refractivity contribution in [3.05, 3.63) is 24.3 Å². The molecule has 0 aliphatic carbocycles. The summed E-state index contributed by atoms with van der Waals surface area (Å²) < 4.78 is 28.2. The Morgan fingerprint density at radius 3 is 2.50 bits per heavy atom. The Hall–Kier alpha value is -2.11. The molecule has 1 aliphatic rings. The van der Waals surface area contributed by atoms with Crippen LogP contribution in [0.2, 0.25) is 0 Å². The van der Waals surface area contributed by atoms with Gasteiger partial charge in [0.15, 0.2) is 5.16 Å². The summed E-state index contributed by atoms with van der Waals surface area (Å²) in [5.41, 5.74) is 6.36. The van der Waals surface area contributed by atoms with Gasteiger partial charge < -0.3 is 11.1 Å². The smallest absolute Gasteiger partial charge is 0.247 e. The van der Waals surface area contributed by atoms with E-state index in [-0.39, 0.29) is 16.8 Å². The standard InChI is InChI=1S/C17H24N6O3S2/c1-3-27-17-21-20-16(18)23(17)12(2)15(24)19-13-6-8-14(9-7-13)28(25,26)22-10-4-5-11-22/h6-9,12H,3-5,10-11H2,1-2H3,(H2,18,20)(H,19,24). The predicted molar refractivity (Wildman–Crippen MR) is 109 cm³/mol. The first-order valence-electron chi connectivity index (χ1n) is 9.09. The zero-order valence-electron chi connectivity index (χ0n) is 15.8. The van der Waals surface area contributed by atoms with E-state index in [1.807, 2.05) is 6.92 Å². The molecular formula is C17H24N6O3S2. The zero-order chi connectivity index (χ0) is 20.3. The minimum Gasteiger partial charge on any atom is -0.368 e. The molecule has 1 fully saturated rings. The third-order valence-corrected chi connectivity index (χ3v) is 7.29. The maximum absolute atomic E-state index is 12.6. The van der Waals surface area contributed by atoms with Crippen LogP contribution in [0.1, 0.15) is 32.7 Å². The van der Waals surface area contributed by atoms with Gasteiger partial charge in [-0.3, -0.25) is 9.36 Å². The summed E-state index contributed by atoms with van der Waals surface area (Å²) in [6.07, 6.45) is 1.77. The molecule has 9 nitrogen and oxygen atoms in total. The third-order valence-electron chi connectivity index (χ3n) is 4.56. The lowest BCUT2D eigenvalue weighted by molar-refractivity contribution is -0.118. The topological polar surface area (TPSA) is 123 Å². The van der Waals surface area contributed by atoms with Crippen LogP contribution >= 0.6 is 11.8 Å². The van der Waals surface area contributed by atoms with Gasteiger partial charge in [-0.25, -0.2) is 8.42 Å². The fourth-order valence-corrected chi connectivity index (χ4v) is 5.30. The van der Waals surface area contributed by atoms with Gasteiger partial charge in [0.05, 0.1) is 4.90 Å². The van der Waals surface area contributed by atoms with Crippen LogP contribution in [0.3, 0.4) is 0 Å². The molecule has 152 valence electrons. The number of hydrogen-bond donors (Lipinski definition) is 2. The first-order chi connectivity index (χ1) is 13.3. The molecule has 3 rings (SSSR count). The van der Waals surface area contributed by atoms with E-state index in [4.69, 9.17) is 5.73 Å². The van der Waals surface area contributed by atoms with Gasteiger partial charge in [-0.15, -0.1) is 10.2 Å². The maximum Gasteiger partial charge on any atom is 0.247 e. The maximum atomic E-state index is 12.6. The van der Waals surface area contributed by atoms with Crippen LogP contribution in [0, 0.1) is 0 Å². The fraction of sp³-hybridized carbons (Fsp3) is 0.471. The Balaban J connectivity index is 1.72. The fourth-order valence-electron chi connectivity index (χ4n) is 3.03. The van der Waals surface area contributed by atoms with Gasteiger partial charge >= 0.3 is 0 Å². The Labute approximate surface area is 168 Å². The first-order valence-corrected chi connectivity index (χ1v) is 11.5. The summed E-state index contributed by atoms with van der Waals surface area (Å²) in [4.78, 5) is 12.9. The molecule has 1 aromatic carbocycles. The average Bonchev–Trinajstić information content (AvgIpc) is 3.33. The number of nitrogens with one attached hydrogen (secondary N) is 1. The molecule has 0 spiro atoms. The molecule has 1 aromatic heterocycles. The normalized spacial score (nSPS) is 16.2. The number of sulfonamides is 1. The Morgan fingerprint density at radius 2 is 1.89 bits per heavy atom. The van der Waals surface area contributed by atoms with E-state index in [1.54, 1.807) is 23.6 Å². The van der Waals surface area contributed by atoms with Gasteiger partial charge in [0, 0.05) is 18.8 Å².